The van der Waals surface area contributed by atoms with Crippen molar-refractivity contribution in [2.24, 2.45) is 0 Å². The van der Waals surface area contributed by atoms with Gasteiger partial charge in [0.05, 0.1) is 5.69 Å². The Labute approximate surface area is 116 Å². The summed E-state index contributed by atoms with van der Waals surface area (Å²) in [6.45, 7) is 0.915. The van der Waals surface area contributed by atoms with Crippen molar-refractivity contribution in [2.75, 3.05) is 6.26 Å². The van der Waals surface area contributed by atoms with Crippen LogP contribution < -0.4 is 5.32 Å². The summed E-state index contributed by atoms with van der Waals surface area (Å²) >= 11 is 3.51. The SMILES string of the molecule is CSc1ccc(-c2csc(CNC3CC3)n2)cc1. The summed E-state index contributed by atoms with van der Waals surface area (Å²) in [5.41, 5.74) is 2.31. The van der Waals surface area contributed by atoms with Crippen molar-refractivity contribution < 1.29 is 0 Å². The molecule has 0 atom stereocenters. The normalized spacial score (nSPS) is 14.9. The van der Waals surface area contributed by atoms with E-state index in [9.17, 15) is 0 Å². The van der Waals surface area contributed by atoms with Gasteiger partial charge in [0.15, 0.2) is 0 Å². The van der Waals surface area contributed by atoms with E-state index in [4.69, 9.17) is 0 Å². The van der Waals surface area contributed by atoms with Gasteiger partial charge in [-0.15, -0.1) is 23.1 Å². The van der Waals surface area contributed by atoms with Gasteiger partial charge in [-0.1, -0.05) is 12.1 Å². The summed E-state index contributed by atoms with van der Waals surface area (Å²) in [6, 6.07) is 9.36. The smallest absolute Gasteiger partial charge is 0.107 e. The molecule has 1 aromatic carbocycles. The van der Waals surface area contributed by atoms with Gasteiger partial charge in [-0.2, -0.15) is 0 Å². The molecule has 1 aliphatic rings. The fraction of sp³-hybridized carbons (Fsp3) is 0.357. The lowest BCUT2D eigenvalue weighted by Gasteiger charge is -1.99. The minimum Gasteiger partial charge on any atom is -0.308 e. The van der Waals surface area contributed by atoms with Crippen LogP contribution in [0.2, 0.25) is 0 Å². The van der Waals surface area contributed by atoms with Crippen molar-refractivity contribution in [1.29, 1.82) is 0 Å². The molecule has 0 unspecified atom stereocenters. The average molecular weight is 276 g/mol. The number of nitrogens with zero attached hydrogens (tertiary/aromatic N) is 1. The molecular formula is C14H16N2S2. The summed E-state index contributed by atoms with van der Waals surface area (Å²) in [5, 5.41) is 6.84. The largest absolute Gasteiger partial charge is 0.308 e. The standard InChI is InChI=1S/C14H16N2S2/c1-17-12-6-2-10(3-7-12)13-9-18-14(16-13)8-15-11-4-5-11/h2-3,6-7,9,11,15H,4-5,8H2,1H3. The first-order valence-corrected chi connectivity index (χ1v) is 8.28. The molecule has 1 aromatic heterocycles. The zero-order chi connectivity index (χ0) is 12.4. The highest BCUT2D eigenvalue weighted by Gasteiger charge is 2.20. The van der Waals surface area contributed by atoms with Gasteiger partial charge in [0.2, 0.25) is 0 Å². The van der Waals surface area contributed by atoms with Crippen LogP contribution in [0.3, 0.4) is 0 Å². The summed E-state index contributed by atoms with van der Waals surface area (Å²) < 4.78 is 0. The highest BCUT2D eigenvalue weighted by molar-refractivity contribution is 7.98. The Balaban J connectivity index is 1.70. The number of rotatable bonds is 5. The van der Waals surface area contributed by atoms with E-state index in [1.165, 1.54) is 28.3 Å². The van der Waals surface area contributed by atoms with Crippen LogP contribution in [-0.4, -0.2) is 17.3 Å². The summed E-state index contributed by atoms with van der Waals surface area (Å²) in [5.74, 6) is 0. The van der Waals surface area contributed by atoms with E-state index in [1.54, 1.807) is 23.1 Å². The minimum atomic E-state index is 0.748. The molecule has 1 N–H and O–H groups in total. The van der Waals surface area contributed by atoms with Crippen LogP contribution in [0.25, 0.3) is 11.3 Å². The van der Waals surface area contributed by atoms with Crippen LogP contribution in [0.15, 0.2) is 34.5 Å². The zero-order valence-corrected chi connectivity index (χ0v) is 12.0. The maximum absolute atomic E-state index is 4.68. The van der Waals surface area contributed by atoms with Crippen molar-refractivity contribution in [2.45, 2.75) is 30.3 Å². The lowest BCUT2D eigenvalue weighted by atomic mass is 10.2. The Bertz CT molecular complexity index is 515. The first-order chi connectivity index (χ1) is 8.85. The summed E-state index contributed by atoms with van der Waals surface area (Å²) in [6.07, 6.45) is 4.75. The molecule has 0 radical (unpaired) electrons. The van der Waals surface area contributed by atoms with E-state index in [2.05, 4.69) is 46.2 Å². The molecule has 0 aliphatic heterocycles. The molecule has 2 nitrogen and oxygen atoms in total. The Kier molecular flexibility index (Phi) is 3.68. The number of thioether (sulfide) groups is 1. The molecule has 3 rings (SSSR count). The van der Waals surface area contributed by atoms with E-state index in [0.29, 0.717) is 0 Å². The van der Waals surface area contributed by atoms with Gasteiger partial charge >= 0.3 is 0 Å². The van der Waals surface area contributed by atoms with E-state index >= 15 is 0 Å². The molecular weight excluding hydrogens is 260 g/mol. The first kappa shape index (κ1) is 12.2. The van der Waals surface area contributed by atoms with Gasteiger partial charge in [0, 0.05) is 28.4 Å². The van der Waals surface area contributed by atoms with Crippen LogP contribution in [-0.2, 0) is 6.54 Å². The lowest BCUT2D eigenvalue weighted by molar-refractivity contribution is 0.685. The van der Waals surface area contributed by atoms with E-state index < -0.39 is 0 Å². The van der Waals surface area contributed by atoms with E-state index in [1.807, 2.05) is 0 Å². The molecule has 1 fully saturated rings. The van der Waals surface area contributed by atoms with Gasteiger partial charge in [-0.05, 0) is 31.2 Å². The second kappa shape index (κ2) is 5.43. The Hall–Kier alpha value is -0.840. The number of aromatic nitrogens is 1. The zero-order valence-electron chi connectivity index (χ0n) is 10.3. The monoisotopic (exact) mass is 276 g/mol. The highest BCUT2D eigenvalue weighted by atomic mass is 32.2. The predicted molar refractivity (Wildman–Crippen MR) is 79.2 cm³/mol. The fourth-order valence-corrected chi connectivity index (χ4v) is 2.97. The third-order valence-corrected chi connectivity index (χ3v) is 4.65. The highest BCUT2D eigenvalue weighted by Crippen LogP contribution is 2.25. The number of benzene rings is 1. The van der Waals surface area contributed by atoms with Crippen LogP contribution in [0, 0.1) is 0 Å². The van der Waals surface area contributed by atoms with E-state index in [0.717, 1.165) is 18.3 Å². The predicted octanol–water partition coefficient (Wildman–Crippen LogP) is 3.78. The molecule has 0 saturated heterocycles. The molecule has 2 aromatic rings. The second-order valence-corrected chi connectivity index (χ2v) is 6.33. The van der Waals surface area contributed by atoms with Gasteiger partial charge < -0.3 is 5.32 Å². The Morgan fingerprint density at radius 3 is 2.78 bits per heavy atom. The van der Waals surface area contributed by atoms with Crippen molar-refractivity contribution in [3.63, 3.8) is 0 Å². The average Bonchev–Trinajstić information content (AvgIpc) is 3.14. The lowest BCUT2D eigenvalue weighted by Crippen LogP contribution is -2.14. The maximum atomic E-state index is 4.68. The number of thiazole rings is 1. The van der Waals surface area contributed by atoms with Gasteiger partial charge in [-0.3, -0.25) is 0 Å². The van der Waals surface area contributed by atoms with Crippen LogP contribution in [0.1, 0.15) is 17.8 Å². The van der Waals surface area contributed by atoms with Crippen LogP contribution in [0.5, 0.6) is 0 Å². The molecule has 1 aliphatic carbocycles. The first-order valence-electron chi connectivity index (χ1n) is 6.17. The van der Waals surface area contributed by atoms with Crippen molar-refractivity contribution in [1.82, 2.24) is 10.3 Å². The molecule has 0 bridgehead atoms. The third kappa shape index (κ3) is 2.94. The number of hydrogen-bond acceptors (Lipinski definition) is 4. The number of nitrogens with one attached hydrogen (secondary N) is 1. The molecule has 1 heterocycles. The summed E-state index contributed by atoms with van der Waals surface area (Å²) in [4.78, 5) is 5.98. The summed E-state index contributed by atoms with van der Waals surface area (Å²) in [7, 11) is 0. The fourth-order valence-electron chi connectivity index (χ4n) is 1.81. The molecule has 94 valence electrons. The topological polar surface area (TPSA) is 24.9 Å². The molecule has 0 amide bonds. The molecule has 4 heteroatoms. The molecule has 1 saturated carbocycles. The van der Waals surface area contributed by atoms with Crippen molar-refractivity contribution >= 4 is 23.1 Å². The third-order valence-electron chi connectivity index (χ3n) is 3.06. The van der Waals surface area contributed by atoms with Crippen molar-refractivity contribution in [3.05, 3.63) is 34.7 Å². The van der Waals surface area contributed by atoms with Gasteiger partial charge in [0.1, 0.15) is 5.01 Å². The number of hydrogen-bond donors (Lipinski definition) is 1. The Morgan fingerprint density at radius 2 is 2.11 bits per heavy atom. The molecule has 18 heavy (non-hydrogen) atoms. The second-order valence-electron chi connectivity index (χ2n) is 4.51. The van der Waals surface area contributed by atoms with Crippen LogP contribution >= 0.6 is 23.1 Å². The molecule has 0 spiro atoms. The van der Waals surface area contributed by atoms with Crippen molar-refractivity contribution in [3.8, 4) is 11.3 Å². The van der Waals surface area contributed by atoms with E-state index in [-0.39, 0.29) is 0 Å². The Morgan fingerprint density at radius 1 is 1.33 bits per heavy atom. The minimum absolute atomic E-state index is 0.748. The maximum Gasteiger partial charge on any atom is 0.107 e. The van der Waals surface area contributed by atoms with Crippen LogP contribution in [0.4, 0.5) is 0 Å². The van der Waals surface area contributed by atoms with Gasteiger partial charge in [-0.25, -0.2) is 4.98 Å². The quantitative estimate of drug-likeness (QED) is 0.841. The van der Waals surface area contributed by atoms with Gasteiger partial charge in [0.25, 0.3) is 0 Å².